The van der Waals surface area contributed by atoms with Crippen molar-refractivity contribution in [3.05, 3.63) is 119 Å². The number of carbonyl (C=O) groups is 3. The highest BCUT2D eigenvalue weighted by Gasteiger charge is 2.32. The van der Waals surface area contributed by atoms with Crippen LogP contribution in [0.2, 0.25) is 0 Å². The van der Waals surface area contributed by atoms with Gasteiger partial charge in [0.25, 0.3) is 0 Å². The molecule has 10 nitrogen and oxygen atoms in total. The summed E-state index contributed by atoms with van der Waals surface area (Å²) in [7, 11) is 0. The molecule has 1 amide bonds. The number of carboxylic acids is 2. The van der Waals surface area contributed by atoms with Crippen LogP contribution in [0.15, 0.2) is 96.2 Å². The summed E-state index contributed by atoms with van der Waals surface area (Å²) in [6, 6.07) is 26.8. The molecule has 1 aliphatic rings. The van der Waals surface area contributed by atoms with Gasteiger partial charge in [-0.2, -0.15) is 0 Å². The molecule has 4 N–H and O–H groups in total. The summed E-state index contributed by atoms with van der Waals surface area (Å²) in [5, 5.41) is 31.3. The van der Waals surface area contributed by atoms with Gasteiger partial charge in [-0.05, 0) is 58.9 Å². The molecule has 0 aliphatic carbocycles. The van der Waals surface area contributed by atoms with Crippen molar-refractivity contribution in [1.29, 1.82) is 0 Å². The van der Waals surface area contributed by atoms with Gasteiger partial charge in [0, 0.05) is 43.3 Å². The molecule has 1 aliphatic heterocycles. The van der Waals surface area contributed by atoms with Crippen molar-refractivity contribution >= 4 is 29.6 Å². The first-order valence-corrected chi connectivity index (χ1v) is 17.8. The number of thioether (sulfide) groups is 1. The van der Waals surface area contributed by atoms with Gasteiger partial charge in [-0.1, -0.05) is 79.6 Å². The Morgan fingerprint density at radius 1 is 0.800 bits per heavy atom. The average Bonchev–Trinajstić information content (AvgIpc) is 3.14. The number of benzene rings is 3. The SMILES string of the molecule is O=C(O)CCCCCCC(=O)NCc1cccc(-c2ccc([C@@H]3O[C@H](CSc4ncccc4C(=O)O)C[C@H](c4ccc(CO)cc4)O3)cc2)c1. The number of amides is 1. The quantitative estimate of drug-likeness (QED) is 0.0651. The summed E-state index contributed by atoms with van der Waals surface area (Å²) in [5.74, 6) is -1.35. The molecule has 5 rings (SSSR count). The van der Waals surface area contributed by atoms with E-state index in [-0.39, 0.29) is 36.7 Å². The molecule has 50 heavy (non-hydrogen) atoms. The second kappa shape index (κ2) is 18.4. The van der Waals surface area contributed by atoms with Crippen LogP contribution in [0.3, 0.4) is 0 Å². The highest BCUT2D eigenvalue weighted by molar-refractivity contribution is 7.99. The number of hydrogen-bond acceptors (Lipinski definition) is 8. The Balaban J connectivity index is 1.22. The largest absolute Gasteiger partial charge is 0.481 e. The molecule has 11 heteroatoms. The predicted octanol–water partition coefficient (Wildman–Crippen LogP) is 7.32. The van der Waals surface area contributed by atoms with Gasteiger partial charge in [-0.3, -0.25) is 9.59 Å². The molecule has 1 saturated heterocycles. The summed E-state index contributed by atoms with van der Waals surface area (Å²) in [4.78, 5) is 39.0. The van der Waals surface area contributed by atoms with Crippen molar-refractivity contribution in [2.24, 2.45) is 0 Å². The fraction of sp³-hybridized carbons (Fsp3) is 0.333. The monoisotopic (exact) mass is 698 g/mol. The maximum absolute atomic E-state index is 12.4. The van der Waals surface area contributed by atoms with E-state index in [0.29, 0.717) is 36.6 Å². The molecule has 4 aromatic rings. The zero-order valence-corrected chi connectivity index (χ0v) is 28.5. The van der Waals surface area contributed by atoms with Crippen molar-refractivity contribution in [1.82, 2.24) is 10.3 Å². The Bertz CT molecular complexity index is 1730. The first kappa shape index (κ1) is 36.7. The lowest BCUT2D eigenvalue weighted by atomic mass is 9.99. The number of aliphatic hydroxyl groups excluding tert-OH is 1. The van der Waals surface area contributed by atoms with Crippen LogP contribution in [0.1, 0.15) is 90.0 Å². The summed E-state index contributed by atoms with van der Waals surface area (Å²) in [6.45, 7) is 0.371. The first-order chi connectivity index (χ1) is 24.3. The minimum Gasteiger partial charge on any atom is -0.481 e. The lowest BCUT2D eigenvalue weighted by Gasteiger charge is -2.36. The molecule has 0 spiro atoms. The highest BCUT2D eigenvalue weighted by Crippen LogP contribution is 2.40. The van der Waals surface area contributed by atoms with E-state index in [4.69, 9.17) is 14.6 Å². The second-order valence-electron chi connectivity index (χ2n) is 12.2. The number of hydrogen-bond donors (Lipinski definition) is 4. The summed E-state index contributed by atoms with van der Waals surface area (Å²) in [5.41, 5.74) is 5.76. The van der Waals surface area contributed by atoms with E-state index in [2.05, 4.69) is 16.4 Å². The lowest BCUT2D eigenvalue weighted by Crippen LogP contribution is -2.31. The minimum atomic E-state index is -1.03. The molecular weight excluding hydrogens is 657 g/mol. The zero-order valence-electron chi connectivity index (χ0n) is 27.7. The van der Waals surface area contributed by atoms with E-state index in [1.165, 1.54) is 11.8 Å². The van der Waals surface area contributed by atoms with E-state index in [1.54, 1.807) is 18.3 Å². The van der Waals surface area contributed by atoms with Crippen LogP contribution in [-0.2, 0) is 32.2 Å². The Kier molecular flexibility index (Phi) is 13.5. The molecular formula is C39H42N2O8S. The first-order valence-electron chi connectivity index (χ1n) is 16.8. The number of unbranched alkanes of at least 4 members (excludes halogenated alkanes) is 3. The standard InChI is InChI=1S/C39H42N2O8S/c42-24-26-12-14-29(15-13-26)34-22-32(25-50-37-33(38(46)47)9-6-20-40-37)48-39(49-34)30-18-16-28(17-19-30)31-8-5-7-27(21-31)23-41-35(43)10-3-1-2-4-11-36(44)45/h5-9,12-21,32,34,39,42H,1-4,10-11,22-25H2,(H,41,43)(H,44,45)(H,46,47)/t32-,34+,39+/m0/s1. The van der Waals surface area contributed by atoms with Crippen molar-refractivity contribution in [2.45, 2.75) is 81.6 Å². The number of rotatable bonds is 17. The smallest absolute Gasteiger partial charge is 0.338 e. The molecule has 0 saturated carbocycles. The van der Waals surface area contributed by atoms with Crippen molar-refractivity contribution < 1.29 is 39.2 Å². The molecule has 3 atom stereocenters. The van der Waals surface area contributed by atoms with Gasteiger partial charge in [0.05, 0.1) is 24.4 Å². The maximum atomic E-state index is 12.4. The average molecular weight is 699 g/mol. The van der Waals surface area contributed by atoms with Crippen molar-refractivity contribution in [2.75, 3.05) is 5.75 Å². The Labute approximate surface area is 295 Å². The summed E-state index contributed by atoms with van der Waals surface area (Å²) >= 11 is 1.35. The van der Waals surface area contributed by atoms with Crippen LogP contribution in [0, 0.1) is 0 Å². The topological polar surface area (TPSA) is 155 Å². The zero-order chi connectivity index (χ0) is 35.3. The number of nitrogens with zero attached hydrogens (tertiary/aromatic N) is 1. The Morgan fingerprint density at radius 3 is 2.26 bits per heavy atom. The molecule has 262 valence electrons. The third kappa shape index (κ3) is 10.7. The third-order valence-corrected chi connectivity index (χ3v) is 9.64. The third-order valence-electron chi connectivity index (χ3n) is 8.50. The van der Waals surface area contributed by atoms with Gasteiger partial charge in [-0.25, -0.2) is 9.78 Å². The Hall–Kier alpha value is -4.55. The number of aromatic nitrogens is 1. The van der Waals surface area contributed by atoms with Gasteiger partial charge in [0.15, 0.2) is 6.29 Å². The van der Waals surface area contributed by atoms with Gasteiger partial charge in [-0.15, -0.1) is 11.8 Å². The van der Waals surface area contributed by atoms with Crippen molar-refractivity contribution in [3.8, 4) is 11.1 Å². The maximum Gasteiger partial charge on any atom is 0.338 e. The van der Waals surface area contributed by atoms with Gasteiger partial charge in [0.2, 0.25) is 5.91 Å². The fourth-order valence-corrected chi connectivity index (χ4v) is 6.77. The number of aliphatic hydroxyl groups is 1. The number of ether oxygens (including phenoxy) is 2. The van der Waals surface area contributed by atoms with Crippen molar-refractivity contribution in [3.63, 3.8) is 0 Å². The van der Waals surface area contributed by atoms with Gasteiger partial charge in [0.1, 0.15) is 5.03 Å². The Morgan fingerprint density at radius 2 is 1.54 bits per heavy atom. The molecule has 0 bridgehead atoms. The van der Waals surface area contributed by atoms with Crippen LogP contribution in [0.5, 0.6) is 0 Å². The lowest BCUT2D eigenvalue weighted by molar-refractivity contribution is -0.245. The van der Waals surface area contributed by atoms with E-state index < -0.39 is 18.2 Å². The summed E-state index contributed by atoms with van der Waals surface area (Å²) < 4.78 is 12.9. The molecule has 1 aromatic heterocycles. The van der Waals surface area contributed by atoms with Crippen LogP contribution in [0.25, 0.3) is 11.1 Å². The summed E-state index contributed by atoms with van der Waals surface area (Å²) in [6.07, 6.45) is 4.54. The van der Waals surface area contributed by atoms with Crippen LogP contribution in [-0.4, -0.2) is 50.0 Å². The molecule has 0 radical (unpaired) electrons. The van der Waals surface area contributed by atoms with Crippen LogP contribution < -0.4 is 5.32 Å². The van der Waals surface area contributed by atoms with Gasteiger partial charge < -0.3 is 30.1 Å². The van der Waals surface area contributed by atoms with Gasteiger partial charge >= 0.3 is 11.9 Å². The van der Waals surface area contributed by atoms with Crippen LogP contribution >= 0.6 is 11.8 Å². The highest BCUT2D eigenvalue weighted by atomic mass is 32.2. The number of carboxylic acid groups (broad SMARTS) is 2. The van der Waals surface area contributed by atoms with Crippen LogP contribution in [0.4, 0.5) is 0 Å². The molecule has 0 unspecified atom stereocenters. The number of aromatic carboxylic acids is 1. The number of aliphatic carboxylic acids is 1. The molecule has 1 fully saturated rings. The normalized spacial score (nSPS) is 17.3. The molecule has 2 heterocycles. The predicted molar refractivity (Wildman–Crippen MR) is 189 cm³/mol. The fourth-order valence-electron chi connectivity index (χ4n) is 5.76. The number of nitrogens with one attached hydrogen (secondary N) is 1. The van der Waals surface area contributed by atoms with E-state index in [0.717, 1.165) is 52.6 Å². The minimum absolute atomic E-state index is 0.0211. The van der Waals surface area contributed by atoms with E-state index in [1.807, 2.05) is 66.7 Å². The van der Waals surface area contributed by atoms with E-state index in [9.17, 15) is 24.6 Å². The molecule has 3 aromatic carbocycles. The number of pyridine rings is 1. The second-order valence-corrected chi connectivity index (χ2v) is 13.2. The van der Waals surface area contributed by atoms with E-state index >= 15 is 0 Å². The number of carbonyl (C=O) groups excluding carboxylic acids is 1.